The zero-order valence-corrected chi connectivity index (χ0v) is 31.8. The standard InChI is InChI=1S/C40H70NO7P/c1-3-5-7-9-11-13-14-15-16-17-18-19-20-21-22-23-24-25-27-29-31-33-40(42)48-39(38-47-49(43,44)46-36-34-41)37-45-35-32-30-28-26-12-10-8-6-4-2/h5,7,11,13,15-16,18-19,21-22,24-25,39H,3-4,6,8-10,12,14,17,20,23,26-38,41H2,1-2H3,(H,43,44)/b7-5-,13-11-,16-15-,19-18-,22-21-,25-24-. The maximum Gasteiger partial charge on any atom is 0.472 e. The number of hydrogen-bond donors (Lipinski definition) is 2. The topological polar surface area (TPSA) is 117 Å². The summed E-state index contributed by atoms with van der Waals surface area (Å²) in [4.78, 5) is 22.3. The molecule has 282 valence electrons. The first-order chi connectivity index (χ1) is 23.9. The van der Waals surface area contributed by atoms with Crippen LogP contribution in [0.5, 0.6) is 0 Å². The van der Waals surface area contributed by atoms with Gasteiger partial charge in [-0.05, 0) is 64.2 Å². The van der Waals surface area contributed by atoms with Crippen LogP contribution in [0.4, 0.5) is 0 Å². The molecule has 49 heavy (non-hydrogen) atoms. The molecule has 0 bridgehead atoms. The van der Waals surface area contributed by atoms with E-state index in [1.165, 1.54) is 44.9 Å². The maximum atomic E-state index is 12.5. The first kappa shape index (κ1) is 46.9. The monoisotopic (exact) mass is 707 g/mol. The number of hydrogen-bond acceptors (Lipinski definition) is 7. The third-order valence-electron chi connectivity index (χ3n) is 7.39. The van der Waals surface area contributed by atoms with Crippen LogP contribution in [-0.2, 0) is 27.9 Å². The van der Waals surface area contributed by atoms with Crippen LogP contribution in [0.2, 0.25) is 0 Å². The van der Waals surface area contributed by atoms with Gasteiger partial charge in [-0.15, -0.1) is 0 Å². The Morgan fingerprint density at radius 3 is 1.67 bits per heavy atom. The lowest BCUT2D eigenvalue weighted by Crippen LogP contribution is -2.28. The van der Waals surface area contributed by atoms with Crippen LogP contribution in [0.3, 0.4) is 0 Å². The second kappa shape index (κ2) is 37.2. The van der Waals surface area contributed by atoms with E-state index in [1.54, 1.807) is 0 Å². The van der Waals surface area contributed by atoms with Crippen molar-refractivity contribution in [3.8, 4) is 0 Å². The number of esters is 1. The van der Waals surface area contributed by atoms with Gasteiger partial charge in [-0.1, -0.05) is 138 Å². The largest absolute Gasteiger partial charge is 0.472 e. The molecule has 2 atom stereocenters. The molecule has 2 unspecified atom stereocenters. The van der Waals surface area contributed by atoms with Crippen LogP contribution >= 0.6 is 7.82 Å². The molecule has 0 heterocycles. The van der Waals surface area contributed by atoms with Gasteiger partial charge in [0.2, 0.25) is 0 Å². The molecule has 0 fully saturated rings. The van der Waals surface area contributed by atoms with E-state index in [1.807, 2.05) is 0 Å². The predicted molar refractivity (Wildman–Crippen MR) is 205 cm³/mol. The fourth-order valence-electron chi connectivity index (χ4n) is 4.64. The number of ether oxygens (including phenoxy) is 2. The van der Waals surface area contributed by atoms with Gasteiger partial charge in [0.25, 0.3) is 0 Å². The zero-order valence-electron chi connectivity index (χ0n) is 30.9. The fraction of sp³-hybridized carbons (Fsp3) is 0.675. The average Bonchev–Trinajstić information content (AvgIpc) is 3.09. The second-order valence-corrected chi connectivity index (χ2v) is 13.5. The van der Waals surface area contributed by atoms with E-state index in [-0.39, 0.29) is 38.8 Å². The number of rotatable bonds is 35. The van der Waals surface area contributed by atoms with E-state index in [0.717, 1.165) is 64.2 Å². The van der Waals surface area contributed by atoms with E-state index in [2.05, 4.69) is 86.8 Å². The molecule has 0 aromatic carbocycles. The Morgan fingerprint density at radius 2 is 1.14 bits per heavy atom. The van der Waals surface area contributed by atoms with Crippen molar-refractivity contribution < 1.29 is 32.8 Å². The summed E-state index contributed by atoms with van der Waals surface area (Å²) >= 11 is 0. The highest BCUT2D eigenvalue weighted by atomic mass is 31.2. The summed E-state index contributed by atoms with van der Waals surface area (Å²) in [7, 11) is -4.28. The summed E-state index contributed by atoms with van der Waals surface area (Å²) in [5, 5.41) is 0. The van der Waals surface area contributed by atoms with E-state index in [4.69, 9.17) is 24.3 Å². The predicted octanol–water partition coefficient (Wildman–Crippen LogP) is 10.8. The van der Waals surface area contributed by atoms with Gasteiger partial charge in [-0.3, -0.25) is 13.8 Å². The molecule has 3 N–H and O–H groups in total. The molecule has 0 spiro atoms. The van der Waals surface area contributed by atoms with Crippen molar-refractivity contribution in [2.75, 3.05) is 33.0 Å². The summed E-state index contributed by atoms with van der Waals surface area (Å²) in [6.45, 7) is 4.70. The number of phosphoric ester groups is 1. The van der Waals surface area contributed by atoms with Crippen LogP contribution in [0.15, 0.2) is 72.9 Å². The summed E-state index contributed by atoms with van der Waals surface area (Å²) in [6, 6.07) is 0. The Labute approximate surface area is 299 Å². The average molecular weight is 708 g/mol. The Hall–Kier alpha value is -2.06. The second-order valence-electron chi connectivity index (χ2n) is 12.1. The Bertz CT molecular complexity index is 974. The Morgan fingerprint density at radius 1 is 0.633 bits per heavy atom. The van der Waals surface area contributed by atoms with Gasteiger partial charge in [0.15, 0.2) is 0 Å². The van der Waals surface area contributed by atoms with Gasteiger partial charge >= 0.3 is 13.8 Å². The first-order valence-electron chi connectivity index (χ1n) is 18.9. The van der Waals surface area contributed by atoms with Crippen LogP contribution < -0.4 is 5.73 Å². The minimum absolute atomic E-state index is 0.0900. The molecule has 0 aliphatic heterocycles. The van der Waals surface area contributed by atoms with Crippen LogP contribution in [-0.4, -0.2) is 49.9 Å². The molecule has 0 aliphatic carbocycles. The highest BCUT2D eigenvalue weighted by Gasteiger charge is 2.25. The zero-order chi connectivity index (χ0) is 35.9. The van der Waals surface area contributed by atoms with Crippen molar-refractivity contribution >= 4 is 13.8 Å². The summed E-state index contributed by atoms with van der Waals surface area (Å²) in [5.74, 6) is -0.376. The Kier molecular flexibility index (Phi) is 35.6. The molecule has 0 radical (unpaired) electrons. The third-order valence-corrected chi connectivity index (χ3v) is 8.37. The molecule has 0 rings (SSSR count). The molecule has 0 amide bonds. The normalized spacial score (nSPS) is 14.4. The number of carbonyl (C=O) groups is 1. The van der Waals surface area contributed by atoms with Gasteiger partial charge in [-0.25, -0.2) is 4.57 Å². The Balaban J connectivity index is 4.18. The van der Waals surface area contributed by atoms with Crippen molar-refractivity contribution in [2.45, 2.75) is 142 Å². The lowest BCUT2D eigenvalue weighted by molar-refractivity contribution is -0.154. The minimum Gasteiger partial charge on any atom is -0.457 e. The van der Waals surface area contributed by atoms with Gasteiger partial charge in [0.05, 0.1) is 19.8 Å². The number of phosphoric acid groups is 1. The highest BCUT2D eigenvalue weighted by Crippen LogP contribution is 2.43. The first-order valence-corrected chi connectivity index (χ1v) is 20.4. The van der Waals surface area contributed by atoms with E-state index < -0.39 is 13.9 Å². The minimum atomic E-state index is -4.28. The van der Waals surface area contributed by atoms with Crippen LogP contribution in [0, 0.1) is 0 Å². The van der Waals surface area contributed by atoms with Crippen LogP contribution in [0.25, 0.3) is 0 Å². The lowest BCUT2D eigenvalue weighted by atomic mass is 10.1. The maximum absolute atomic E-state index is 12.5. The van der Waals surface area contributed by atoms with Gasteiger partial charge in [-0.2, -0.15) is 0 Å². The van der Waals surface area contributed by atoms with Gasteiger partial charge in [0.1, 0.15) is 6.10 Å². The number of unbranched alkanes of at least 4 members (excludes halogenated alkanes) is 10. The molecule has 9 heteroatoms. The summed E-state index contributed by atoms with van der Waals surface area (Å²) in [5.41, 5.74) is 5.34. The SMILES string of the molecule is CC/C=C\C/C=C\C/C=C\C/C=C\C/C=C\C/C=C\CCCCC(=O)OC(COCCCCCCCCCCC)COP(=O)(O)OCCN. The third kappa shape index (κ3) is 37.0. The van der Waals surface area contributed by atoms with E-state index in [9.17, 15) is 14.3 Å². The lowest BCUT2D eigenvalue weighted by Gasteiger charge is -2.20. The van der Waals surface area contributed by atoms with Gasteiger partial charge in [0, 0.05) is 19.6 Å². The number of carbonyl (C=O) groups excluding carboxylic acids is 1. The van der Waals surface area contributed by atoms with Gasteiger partial charge < -0.3 is 20.1 Å². The molecule has 0 saturated heterocycles. The quantitative estimate of drug-likeness (QED) is 0.0289. The molecule has 8 nitrogen and oxygen atoms in total. The summed E-state index contributed by atoms with van der Waals surface area (Å²) < 4.78 is 33.2. The molecular weight excluding hydrogens is 637 g/mol. The smallest absolute Gasteiger partial charge is 0.457 e. The van der Waals surface area contributed by atoms with E-state index >= 15 is 0 Å². The number of nitrogens with two attached hydrogens (primary N) is 1. The van der Waals surface area contributed by atoms with Crippen LogP contribution in [0.1, 0.15) is 136 Å². The number of allylic oxidation sites excluding steroid dienone is 12. The van der Waals surface area contributed by atoms with Crippen molar-refractivity contribution in [1.82, 2.24) is 0 Å². The van der Waals surface area contributed by atoms with Crippen molar-refractivity contribution in [3.63, 3.8) is 0 Å². The molecular formula is C40H70NO7P. The van der Waals surface area contributed by atoms with Crippen molar-refractivity contribution in [2.24, 2.45) is 5.73 Å². The highest BCUT2D eigenvalue weighted by molar-refractivity contribution is 7.47. The molecule has 0 aromatic rings. The summed E-state index contributed by atoms with van der Waals surface area (Å²) in [6.07, 6.45) is 44.9. The fourth-order valence-corrected chi connectivity index (χ4v) is 5.41. The van der Waals surface area contributed by atoms with E-state index in [0.29, 0.717) is 13.0 Å². The molecule has 0 saturated carbocycles. The van der Waals surface area contributed by atoms with Crippen molar-refractivity contribution in [1.29, 1.82) is 0 Å². The van der Waals surface area contributed by atoms with Crippen molar-refractivity contribution in [3.05, 3.63) is 72.9 Å². The molecule has 0 aliphatic rings. The molecule has 0 aromatic heterocycles.